The molecular formula is C20H30O. The van der Waals surface area contributed by atoms with Crippen LogP contribution in [0.25, 0.3) is 0 Å². The molecule has 4 aliphatic rings. The molecule has 21 heavy (non-hydrogen) atoms. The molecule has 4 rings (SSSR count). The van der Waals surface area contributed by atoms with Crippen LogP contribution in [0.1, 0.15) is 72.1 Å². The Bertz CT molecular complexity index is 504. The predicted octanol–water partition coefficient (Wildman–Crippen LogP) is 5.15. The number of ketones is 1. The Kier molecular flexibility index (Phi) is 2.98. The Balaban J connectivity index is 1.69. The van der Waals surface area contributed by atoms with Crippen LogP contribution in [0.2, 0.25) is 0 Å². The molecule has 0 aromatic rings. The fourth-order valence-electron chi connectivity index (χ4n) is 6.82. The van der Waals surface area contributed by atoms with Crippen molar-refractivity contribution in [2.45, 2.75) is 72.1 Å². The molecule has 0 aromatic heterocycles. The lowest BCUT2D eigenvalue weighted by Gasteiger charge is -2.58. The van der Waals surface area contributed by atoms with Crippen molar-refractivity contribution in [1.29, 1.82) is 0 Å². The Morgan fingerprint density at radius 3 is 2.62 bits per heavy atom. The van der Waals surface area contributed by atoms with Crippen LogP contribution in [0, 0.1) is 34.5 Å². The zero-order valence-corrected chi connectivity index (χ0v) is 14.0. The summed E-state index contributed by atoms with van der Waals surface area (Å²) in [6.45, 7) is 7.57. The second kappa shape index (κ2) is 4.46. The second-order valence-corrected chi connectivity index (χ2v) is 8.99. The SMILES string of the molecule is C[C@H]1CC[C@H]2C3CCC4=CC(=O)CCC4(C)C3CC[C@]12C. The summed E-state index contributed by atoms with van der Waals surface area (Å²) in [5.74, 6) is 4.05. The smallest absolute Gasteiger partial charge is 0.155 e. The number of hydrogen-bond donors (Lipinski definition) is 0. The van der Waals surface area contributed by atoms with Crippen molar-refractivity contribution in [2.24, 2.45) is 34.5 Å². The highest BCUT2D eigenvalue weighted by Gasteiger charge is 2.57. The molecule has 0 radical (unpaired) electrons. The van der Waals surface area contributed by atoms with E-state index in [4.69, 9.17) is 0 Å². The van der Waals surface area contributed by atoms with E-state index in [9.17, 15) is 4.79 Å². The van der Waals surface area contributed by atoms with Gasteiger partial charge in [0.25, 0.3) is 0 Å². The van der Waals surface area contributed by atoms with E-state index in [-0.39, 0.29) is 0 Å². The zero-order chi connectivity index (χ0) is 14.8. The van der Waals surface area contributed by atoms with E-state index >= 15 is 0 Å². The zero-order valence-electron chi connectivity index (χ0n) is 14.0. The van der Waals surface area contributed by atoms with Gasteiger partial charge in [-0.25, -0.2) is 0 Å². The normalized spacial score (nSPS) is 52.7. The van der Waals surface area contributed by atoms with Gasteiger partial charge in [-0.05, 0) is 85.5 Å². The van der Waals surface area contributed by atoms with Crippen LogP contribution in [0.5, 0.6) is 0 Å². The van der Waals surface area contributed by atoms with Gasteiger partial charge in [-0.15, -0.1) is 0 Å². The van der Waals surface area contributed by atoms with Crippen molar-refractivity contribution < 1.29 is 4.79 Å². The Labute approximate surface area is 129 Å². The maximum absolute atomic E-state index is 11.8. The van der Waals surface area contributed by atoms with Crippen molar-refractivity contribution in [1.82, 2.24) is 0 Å². The second-order valence-electron chi connectivity index (χ2n) is 8.99. The van der Waals surface area contributed by atoms with E-state index in [0.29, 0.717) is 16.6 Å². The van der Waals surface area contributed by atoms with Gasteiger partial charge in [0.05, 0.1) is 0 Å². The first-order valence-electron chi connectivity index (χ1n) is 9.19. The van der Waals surface area contributed by atoms with Gasteiger partial charge in [0.2, 0.25) is 0 Å². The molecule has 0 heterocycles. The van der Waals surface area contributed by atoms with E-state index in [0.717, 1.165) is 36.5 Å². The molecule has 3 fully saturated rings. The first-order chi connectivity index (χ1) is 9.95. The standard InChI is InChI=1S/C20H30O/c1-13-4-7-17-16-6-5-14-12-15(21)8-10-20(14,3)18(16)9-11-19(13,17)2/h12-13,16-18H,4-11H2,1-3H3/t13-,16?,17-,18?,19+,20?/m0/s1. The van der Waals surface area contributed by atoms with E-state index < -0.39 is 0 Å². The summed E-state index contributed by atoms with van der Waals surface area (Å²) >= 11 is 0. The summed E-state index contributed by atoms with van der Waals surface area (Å²) in [4.78, 5) is 11.8. The monoisotopic (exact) mass is 286 g/mol. The van der Waals surface area contributed by atoms with Crippen molar-refractivity contribution in [3.8, 4) is 0 Å². The van der Waals surface area contributed by atoms with Gasteiger partial charge in [0, 0.05) is 6.42 Å². The molecule has 3 unspecified atom stereocenters. The molecule has 0 N–H and O–H groups in total. The van der Waals surface area contributed by atoms with Crippen LogP contribution in [0.4, 0.5) is 0 Å². The molecule has 1 nitrogen and oxygen atoms in total. The Morgan fingerprint density at radius 1 is 1.00 bits per heavy atom. The summed E-state index contributed by atoms with van der Waals surface area (Å²) in [7, 11) is 0. The van der Waals surface area contributed by atoms with Crippen LogP contribution in [0.3, 0.4) is 0 Å². The van der Waals surface area contributed by atoms with Crippen LogP contribution < -0.4 is 0 Å². The lowest BCUT2D eigenvalue weighted by Crippen LogP contribution is -2.50. The van der Waals surface area contributed by atoms with E-state index in [1.807, 2.05) is 6.08 Å². The number of carbonyl (C=O) groups is 1. The van der Waals surface area contributed by atoms with Gasteiger partial charge in [-0.3, -0.25) is 4.79 Å². The van der Waals surface area contributed by atoms with E-state index in [1.165, 1.54) is 44.1 Å². The fraction of sp³-hybridized carbons (Fsp3) is 0.850. The molecule has 0 spiro atoms. The van der Waals surface area contributed by atoms with Crippen molar-refractivity contribution in [3.05, 3.63) is 11.6 Å². The average molecular weight is 286 g/mol. The highest BCUT2D eigenvalue weighted by molar-refractivity contribution is 5.91. The highest BCUT2D eigenvalue weighted by Crippen LogP contribution is 2.66. The number of carbonyl (C=O) groups excluding carboxylic acids is 1. The summed E-state index contributed by atoms with van der Waals surface area (Å²) < 4.78 is 0. The van der Waals surface area contributed by atoms with Crippen molar-refractivity contribution >= 4 is 5.78 Å². The largest absolute Gasteiger partial charge is 0.295 e. The van der Waals surface area contributed by atoms with Gasteiger partial charge < -0.3 is 0 Å². The third-order valence-electron chi connectivity index (χ3n) is 8.44. The third kappa shape index (κ3) is 1.79. The quantitative estimate of drug-likeness (QED) is 0.601. The topological polar surface area (TPSA) is 17.1 Å². The maximum atomic E-state index is 11.8. The van der Waals surface area contributed by atoms with Crippen LogP contribution >= 0.6 is 0 Å². The Morgan fingerprint density at radius 2 is 1.81 bits per heavy atom. The van der Waals surface area contributed by atoms with Crippen LogP contribution in [-0.2, 0) is 4.79 Å². The average Bonchev–Trinajstić information content (AvgIpc) is 2.76. The van der Waals surface area contributed by atoms with E-state index in [2.05, 4.69) is 20.8 Å². The summed E-state index contributed by atoms with van der Waals surface area (Å²) in [6.07, 6.45) is 12.2. The highest BCUT2D eigenvalue weighted by atomic mass is 16.1. The molecule has 116 valence electrons. The van der Waals surface area contributed by atoms with Crippen LogP contribution in [0.15, 0.2) is 11.6 Å². The molecule has 3 saturated carbocycles. The number of allylic oxidation sites excluding steroid dienone is 1. The number of hydrogen-bond acceptors (Lipinski definition) is 1. The molecule has 1 heteroatoms. The van der Waals surface area contributed by atoms with Gasteiger partial charge in [-0.1, -0.05) is 26.3 Å². The number of fused-ring (bicyclic) bond motifs is 5. The van der Waals surface area contributed by atoms with Crippen molar-refractivity contribution in [3.63, 3.8) is 0 Å². The minimum Gasteiger partial charge on any atom is -0.295 e. The molecule has 0 aromatic carbocycles. The van der Waals surface area contributed by atoms with Crippen LogP contribution in [-0.4, -0.2) is 5.78 Å². The summed E-state index contributed by atoms with van der Waals surface area (Å²) in [6, 6.07) is 0. The first kappa shape index (κ1) is 14.0. The maximum Gasteiger partial charge on any atom is 0.155 e. The molecule has 4 aliphatic carbocycles. The predicted molar refractivity (Wildman–Crippen MR) is 85.9 cm³/mol. The molecular weight excluding hydrogens is 256 g/mol. The van der Waals surface area contributed by atoms with E-state index in [1.54, 1.807) is 0 Å². The molecule has 0 saturated heterocycles. The minimum absolute atomic E-state index is 0.351. The van der Waals surface area contributed by atoms with Gasteiger partial charge in [-0.2, -0.15) is 0 Å². The van der Waals surface area contributed by atoms with Gasteiger partial charge in [0.15, 0.2) is 5.78 Å². The lowest BCUT2D eigenvalue weighted by molar-refractivity contribution is -0.117. The first-order valence-corrected chi connectivity index (χ1v) is 9.19. The molecule has 0 bridgehead atoms. The van der Waals surface area contributed by atoms with Gasteiger partial charge >= 0.3 is 0 Å². The summed E-state index contributed by atoms with van der Waals surface area (Å²) in [5.41, 5.74) is 2.47. The molecule has 6 atom stereocenters. The third-order valence-corrected chi connectivity index (χ3v) is 8.44. The Hall–Kier alpha value is -0.590. The molecule has 0 amide bonds. The summed E-state index contributed by atoms with van der Waals surface area (Å²) in [5, 5.41) is 0. The number of rotatable bonds is 0. The molecule has 0 aliphatic heterocycles. The minimum atomic E-state index is 0.351. The van der Waals surface area contributed by atoms with Crippen molar-refractivity contribution in [2.75, 3.05) is 0 Å². The lowest BCUT2D eigenvalue weighted by atomic mass is 9.47. The van der Waals surface area contributed by atoms with Gasteiger partial charge in [0.1, 0.15) is 0 Å². The fourth-order valence-corrected chi connectivity index (χ4v) is 6.82.